The summed E-state index contributed by atoms with van der Waals surface area (Å²) in [6, 6.07) is 0. The van der Waals surface area contributed by atoms with E-state index in [1.165, 1.54) is 0 Å². The highest BCUT2D eigenvalue weighted by Crippen LogP contribution is 2.11. The second-order valence-electron chi connectivity index (χ2n) is 2.81. The molecule has 0 aromatic carbocycles. The molecule has 19 heavy (non-hydrogen) atoms. The van der Waals surface area contributed by atoms with E-state index in [-0.39, 0.29) is 5.82 Å². The van der Waals surface area contributed by atoms with Gasteiger partial charge in [0.15, 0.2) is 11.5 Å². The third-order valence-electron chi connectivity index (χ3n) is 1.51. The summed E-state index contributed by atoms with van der Waals surface area (Å²) in [4.78, 5) is 46.8. The Hall–Kier alpha value is -3.31. The summed E-state index contributed by atoms with van der Waals surface area (Å²) in [5.74, 6) is -2.04. The number of carboxylic acid groups (broad SMARTS) is 2. The van der Waals surface area contributed by atoms with Gasteiger partial charge in [0.1, 0.15) is 5.82 Å². The average molecular weight is 273 g/mol. The quantitative estimate of drug-likeness (QED) is 0.473. The van der Waals surface area contributed by atoms with Gasteiger partial charge in [0.2, 0.25) is 0 Å². The van der Waals surface area contributed by atoms with E-state index in [0.29, 0.717) is 0 Å². The average Bonchev–Trinajstić information content (AvgIpc) is 2.29. The first-order valence-electron chi connectivity index (χ1n) is 4.35. The molecule has 0 saturated carbocycles. The van der Waals surface area contributed by atoms with Crippen LogP contribution in [0.25, 0.3) is 0 Å². The van der Waals surface area contributed by atoms with Gasteiger partial charge in [-0.25, -0.2) is 19.6 Å². The molecule has 12 nitrogen and oxygen atoms in total. The van der Waals surface area contributed by atoms with E-state index < -0.39 is 35.0 Å². The second-order valence-corrected chi connectivity index (χ2v) is 2.81. The van der Waals surface area contributed by atoms with Crippen molar-refractivity contribution in [1.82, 2.24) is 15.2 Å². The summed E-state index contributed by atoms with van der Waals surface area (Å²) in [6.07, 6.45) is -2.96. The normalized spacial score (nSPS) is 9.47. The van der Waals surface area contributed by atoms with Crippen LogP contribution in [-0.2, 0) is 9.68 Å². The predicted octanol–water partition coefficient (Wildman–Crippen LogP) is -0.698. The first-order valence-corrected chi connectivity index (χ1v) is 4.35. The molecule has 6 N–H and O–H groups in total. The van der Waals surface area contributed by atoms with Crippen LogP contribution in [0.5, 0.6) is 0 Å². The number of anilines is 2. The van der Waals surface area contributed by atoms with Gasteiger partial charge in [0.25, 0.3) is 0 Å². The van der Waals surface area contributed by atoms with Gasteiger partial charge in [-0.15, -0.1) is 0 Å². The van der Waals surface area contributed by atoms with Crippen molar-refractivity contribution in [2.75, 3.05) is 11.5 Å². The number of carbonyl (C=O) groups excluding carboxylic acids is 1. The lowest BCUT2D eigenvalue weighted by atomic mass is 10.4. The van der Waals surface area contributed by atoms with Gasteiger partial charge in [-0.3, -0.25) is 14.5 Å². The number of aromatic nitrogens is 2. The van der Waals surface area contributed by atoms with Crippen molar-refractivity contribution in [2.45, 2.75) is 0 Å². The molecule has 1 aromatic heterocycles. The van der Waals surface area contributed by atoms with Crippen molar-refractivity contribution in [2.24, 2.45) is 0 Å². The monoisotopic (exact) mass is 273 g/mol. The Morgan fingerprint density at radius 2 is 1.68 bits per heavy atom. The minimum atomic E-state index is -2.00. The highest BCUT2D eigenvalue weighted by atomic mass is 17.0. The van der Waals surface area contributed by atoms with Crippen LogP contribution in [0.2, 0.25) is 0 Å². The van der Waals surface area contributed by atoms with Crippen LogP contribution >= 0.6 is 0 Å². The molecule has 1 heterocycles. The third kappa shape index (κ3) is 3.58. The summed E-state index contributed by atoms with van der Waals surface area (Å²) in [6.45, 7) is 0. The lowest BCUT2D eigenvalue weighted by Crippen LogP contribution is -2.36. The number of hydrogen-bond donors (Lipinski definition) is 4. The first kappa shape index (κ1) is 13.8. The van der Waals surface area contributed by atoms with Crippen molar-refractivity contribution < 1.29 is 34.3 Å². The zero-order valence-corrected chi connectivity index (χ0v) is 9.01. The van der Waals surface area contributed by atoms with Crippen LogP contribution < -0.4 is 11.5 Å². The Kier molecular flexibility index (Phi) is 3.87. The first-order chi connectivity index (χ1) is 8.81. The number of hydrogen-bond acceptors (Lipinski definition) is 9. The van der Waals surface area contributed by atoms with Crippen LogP contribution in [0.3, 0.4) is 0 Å². The van der Waals surface area contributed by atoms with Crippen LogP contribution in [-0.4, -0.2) is 43.6 Å². The Labute approximate surface area is 104 Å². The Morgan fingerprint density at radius 1 is 1.16 bits per heavy atom. The van der Waals surface area contributed by atoms with E-state index in [4.69, 9.17) is 21.7 Å². The van der Waals surface area contributed by atoms with E-state index in [1.807, 2.05) is 0 Å². The molecule has 0 spiro atoms. The summed E-state index contributed by atoms with van der Waals surface area (Å²) < 4.78 is 0. The molecule has 0 aliphatic carbocycles. The zero-order valence-electron chi connectivity index (χ0n) is 9.01. The van der Waals surface area contributed by atoms with Crippen molar-refractivity contribution in [3.8, 4) is 0 Å². The van der Waals surface area contributed by atoms with Gasteiger partial charge in [0.05, 0.1) is 6.20 Å². The highest BCUT2D eigenvalue weighted by molar-refractivity contribution is 5.96. The van der Waals surface area contributed by atoms with Gasteiger partial charge >= 0.3 is 18.2 Å². The number of nitrogens with zero attached hydrogens (tertiary/aromatic N) is 3. The molecule has 0 fully saturated rings. The molecule has 0 aliphatic rings. The lowest BCUT2D eigenvalue weighted by molar-refractivity contribution is -0.269. The molecule has 102 valence electrons. The highest BCUT2D eigenvalue weighted by Gasteiger charge is 2.28. The van der Waals surface area contributed by atoms with Crippen LogP contribution in [0.1, 0.15) is 10.5 Å². The van der Waals surface area contributed by atoms with E-state index >= 15 is 0 Å². The number of hydroxylamine groups is 2. The van der Waals surface area contributed by atoms with Crippen LogP contribution in [0.4, 0.5) is 21.2 Å². The molecule has 12 heteroatoms. The largest absolute Gasteiger partial charge is 0.533 e. The molecule has 0 aliphatic heterocycles. The number of amides is 1. The van der Waals surface area contributed by atoms with Gasteiger partial charge in [-0.2, -0.15) is 0 Å². The number of nitrogen functional groups attached to an aromatic ring is 2. The maximum atomic E-state index is 11.7. The predicted molar refractivity (Wildman–Crippen MR) is 55.2 cm³/mol. The Bertz CT molecular complexity index is 517. The number of nitrogens with two attached hydrogens (primary N) is 2. The van der Waals surface area contributed by atoms with E-state index in [9.17, 15) is 14.4 Å². The minimum Gasteiger partial charge on any atom is -0.448 e. The fraction of sp³-hybridized carbons (Fsp3) is 0. The lowest BCUT2D eigenvalue weighted by Gasteiger charge is -2.15. The smallest absolute Gasteiger partial charge is 0.448 e. The number of rotatable bonds is 1. The van der Waals surface area contributed by atoms with E-state index in [0.717, 1.165) is 6.20 Å². The van der Waals surface area contributed by atoms with Crippen molar-refractivity contribution in [1.29, 1.82) is 0 Å². The maximum Gasteiger partial charge on any atom is 0.533 e. The summed E-state index contributed by atoms with van der Waals surface area (Å²) >= 11 is 0. The second kappa shape index (κ2) is 5.35. The van der Waals surface area contributed by atoms with Gasteiger partial charge in [0, 0.05) is 5.23 Å². The molecule has 0 saturated heterocycles. The molecular formula is C7H7N5O7. The maximum absolute atomic E-state index is 11.7. The fourth-order valence-corrected chi connectivity index (χ4v) is 0.899. The van der Waals surface area contributed by atoms with Crippen LogP contribution in [0, 0.1) is 0 Å². The molecule has 1 rings (SSSR count). The molecular weight excluding hydrogens is 266 g/mol. The summed E-state index contributed by atoms with van der Waals surface area (Å²) in [7, 11) is 0. The van der Waals surface area contributed by atoms with Gasteiger partial charge in [-0.1, -0.05) is 0 Å². The SMILES string of the molecule is Nc1cnc(N)c(C(=O)N(OC(=O)O)OC(=O)O)n1. The fourth-order valence-electron chi connectivity index (χ4n) is 0.899. The molecule has 0 radical (unpaired) electrons. The van der Waals surface area contributed by atoms with Crippen LogP contribution in [0.15, 0.2) is 6.20 Å². The topological polar surface area (TPSA) is 191 Å². The van der Waals surface area contributed by atoms with Crippen molar-refractivity contribution >= 4 is 29.9 Å². The van der Waals surface area contributed by atoms with E-state index in [1.54, 1.807) is 0 Å². The molecule has 0 bridgehead atoms. The molecule has 1 aromatic rings. The zero-order chi connectivity index (χ0) is 14.6. The minimum absolute atomic E-state index is 0.205. The number of carbonyl (C=O) groups is 3. The van der Waals surface area contributed by atoms with Crippen molar-refractivity contribution in [3.63, 3.8) is 0 Å². The standard InChI is InChI=1S/C7H7N5O7/c8-2-1-10-4(9)3(11-2)5(13)12(18-6(14)15)19-7(16)17/h1H,(H2,8,11)(H2,9,10)(H,14,15)(H,16,17). The molecule has 0 unspecified atom stereocenters. The summed E-state index contributed by atoms with van der Waals surface area (Å²) in [5, 5.41) is 16.2. The Balaban J connectivity index is 3.07. The van der Waals surface area contributed by atoms with Gasteiger partial charge < -0.3 is 21.7 Å². The van der Waals surface area contributed by atoms with E-state index in [2.05, 4.69) is 19.6 Å². The molecule has 1 amide bonds. The van der Waals surface area contributed by atoms with Crippen molar-refractivity contribution in [3.05, 3.63) is 11.9 Å². The Morgan fingerprint density at radius 3 is 2.16 bits per heavy atom. The molecule has 0 atom stereocenters. The summed E-state index contributed by atoms with van der Waals surface area (Å²) in [5.41, 5.74) is 9.92. The van der Waals surface area contributed by atoms with Gasteiger partial charge in [-0.05, 0) is 0 Å². The third-order valence-corrected chi connectivity index (χ3v) is 1.51.